The summed E-state index contributed by atoms with van der Waals surface area (Å²) in [6, 6.07) is 12.2. The van der Waals surface area contributed by atoms with Crippen molar-refractivity contribution in [2.75, 3.05) is 17.7 Å². The highest BCUT2D eigenvalue weighted by atomic mass is 35.5. The first-order valence-electron chi connectivity index (χ1n) is 5.97. The normalized spacial score (nSPS) is 10.3. The van der Waals surface area contributed by atoms with Gasteiger partial charge in [-0.1, -0.05) is 23.7 Å². The van der Waals surface area contributed by atoms with E-state index in [2.05, 4.69) is 0 Å². The minimum Gasteiger partial charge on any atom is -0.393 e. The van der Waals surface area contributed by atoms with E-state index in [0.717, 1.165) is 11.3 Å². The lowest BCUT2D eigenvalue weighted by Gasteiger charge is -2.19. The molecule has 0 aliphatic rings. The standard InChI is InChI=1S/C14H14ClN3O2/c1-17(9-10-2-4-11(15)5-3-10)12-6-7-14(18(19)20)13(16)8-12/h2-8H,9,16H2,1H3. The van der Waals surface area contributed by atoms with Crippen molar-refractivity contribution in [2.24, 2.45) is 0 Å². The summed E-state index contributed by atoms with van der Waals surface area (Å²) in [5.74, 6) is 0. The van der Waals surface area contributed by atoms with Crippen LogP contribution < -0.4 is 10.6 Å². The fourth-order valence-corrected chi connectivity index (χ4v) is 2.03. The number of nitrogen functional groups attached to an aromatic ring is 1. The van der Waals surface area contributed by atoms with Gasteiger partial charge in [-0.2, -0.15) is 0 Å². The molecule has 0 atom stereocenters. The molecule has 0 spiro atoms. The number of halogens is 1. The van der Waals surface area contributed by atoms with Crippen molar-refractivity contribution in [3.63, 3.8) is 0 Å². The monoisotopic (exact) mass is 291 g/mol. The van der Waals surface area contributed by atoms with E-state index in [-0.39, 0.29) is 11.4 Å². The van der Waals surface area contributed by atoms with Gasteiger partial charge in [0.25, 0.3) is 5.69 Å². The van der Waals surface area contributed by atoms with Crippen molar-refractivity contribution in [1.82, 2.24) is 0 Å². The van der Waals surface area contributed by atoms with Gasteiger partial charge in [0.05, 0.1) is 4.92 Å². The third kappa shape index (κ3) is 3.19. The van der Waals surface area contributed by atoms with Crippen LogP contribution in [-0.2, 0) is 6.54 Å². The number of nitrogens with two attached hydrogens (primary N) is 1. The van der Waals surface area contributed by atoms with Gasteiger partial charge in [0.1, 0.15) is 5.69 Å². The Morgan fingerprint density at radius 1 is 1.25 bits per heavy atom. The largest absolute Gasteiger partial charge is 0.393 e. The second-order valence-corrected chi connectivity index (χ2v) is 4.92. The number of hydrogen-bond acceptors (Lipinski definition) is 4. The average Bonchev–Trinajstić information content (AvgIpc) is 2.40. The molecule has 5 nitrogen and oxygen atoms in total. The van der Waals surface area contributed by atoms with Gasteiger partial charge in [-0.05, 0) is 29.8 Å². The van der Waals surface area contributed by atoms with Crippen LogP contribution >= 0.6 is 11.6 Å². The SMILES string of the molecule is CN(Cc1ccc(Cl)cc1)c1ccc([N+](=O)[O-])c(N)c1. The number of nitro benzene ring substituents is 1. The molecular weight excluding hydrogens is 278 g/mol. The third-order valence-corrected chi connectivity index (χ3v) is 3.23. The van der Waals surface area contributed by atoms with Crippen molar-refractivity contribution in [3.8, 4) is 0 Å². The summed E-state index contributed by atoms with van der Waals surface area (Å²) in [5.41, 5.74) is 7.69. The molecule has 2 aromatic carbocycles. The van der Waals surface area contributed by atoms with Gasteiger partial charge in [0.2, 0.25) is 0 Å². The molecule has 20 heavy (non-hydrogen) atoms. The molecule has 0 bridgehead atoms. The number of nitro groups is 1. The Morgan fingerprint density at radius 3 is 2.45 bits per heavy atom. The average molecular weight is 292 g/mol. The van der Waals surface area contributed by atoms with Crippen LogP contribution in [0.5, 0.6) is 0 Å². The number of benzene rings is 2. The van der Waals surface area contributed by atoms with E-state index in [1.807, 2.05) is 36.2 Å². The van der Waals surface area contributed by atoms with E-state index in [0.29, 0.717) is 11.6 Å². The van der Waals surface area contributed by atoms with Crippen molar-refractivity contribution >= 4 is 28.7 Å². The first kappa shape index (κ1) is 14.1. The summed E-state index contributed by atoms with van der Waals surface area (Å²) in [6.07, 6.45) is 0. The van der Waals surface area contributed by atoms with Gasteiger partial charge in [0, 0.05) is 30.4 Å². The molecule has 0 aliphatic heterocycles. The van der Waals surface area contributed by atoms with Crippen LogP contribution in [0.3, 0.4) is 0 Å². The topological polar surface area (TPSA) is 72.4 Å². The highest BCUT2D eigenvalue weighted by molar-refractivity contribution is 6.30. The summed E-state index contributed by atoms with van der Waals surface area (Å²) in [5, 5.41) is 11.4. The van der Waals surface area contributed by atoms with Crippen molar-refractivity contribution in [1.29, 1.82) is 0 Å². The van der Waals surface area contributed by atoms with Crippen LogP contribution in [-0.4, -0.2) is 12.0 Å². The minimum absolute atomic E-state index is 0.0753. The molecule has 2 N–H and O–H groups in total. The number of rotatable bonds is 4. The highest BCUT2D eigenvalue weighted by Gasteiger charge is 2.12. The first-order chi connectivity index (χ1) is 9.47. The summed E-state index contributed by atoms with van der Waals surface area (Å²) in [4.78, 5) is 12.2. The summed E-state index contributed by atoms with van der Waals surface area (Å²) in [6.45, 7) is 0.661. The molecule has 0 radical (unpaired) electrons. The van der Waals surface area contributed by atoms with Gasteiger partial charge in [-0.25, -0.2) is 0 Å². The summed E-state index contributed by atoms with van der Waals surface area (Å²) < 4.78 is 0. The predicted octanol–water partition coefficient (Wildman–Crippen LogP) is 3.47. The zero-order valence-corrected chi connectivity index (χ0v) is 11.7. The lowest BCUT2D eigenvalue weighted by atomic mass is 10.2. The second-order valence-electron chi connectivity index (χ2n) is 4.48. The molecule has 0 fully saturated rings. The smallest absolute Gasteiger partial charge is 0.292 e. The lowest BCUT2D eigenvalue weighted by Crippen LogP contribution is -2.16. The van der Waals surface area contributed by atoms with Crippen LogP contribution in [0.15, 0.2) is 42.5 Å². The Hall–Kier alpha value is -2.27. The maximum Gasteiger partial charge on any atom is 0.292 e. The third-order valence-electron chi connectivity index (χ3n) is 2.98. The molecular formula is C14H14ClN3O2. The van der Waals surface area contributed by atoms with E-state index in [1.165, 1.54) is 6.07 Å². The van der Waals surface area contributed by atoms with E-state index in [1.54, 1.807) is 12.1 Å². The fraction of sp³-hybridized carbons (Fsp3) is 0.143. The van der Waals surface area contributed by atoms with Crippen LogP contribution in [0.1, 0.15) is 5.56 Å². The second kappa shape index (κ2) is 5.79. The highest BCUT2D eigenvalue weighted by Crippen LogP contribution is 2.27. The predicted molar refractivity (Wildman–Crippen MR) is 81.1 cm³/mol. The molecule has 0 aromatic heterocycles. The molecule has 0 unspecified atom stereocenters. The maximum atomic E-state index is 10.7. The molecule has 2 aromatic rings. The Bertz CT molecular complexity index is 629. The van der Waals surface area contributed by atoms with Crippen LogP contribution in [0.25, 0.3) is 0 Å². The van der Waals surface area contributed by atoms with Crippen LogP contribution in [0, 0.1) is 10.1 Å². The van der Waals surface area contributed by atoms with E-state index in [9.17, 15) is 10.1 Å². The number of hydrogen-bond donors (Lipinski definition) is 1. The molecule has 0 heterocycles. The first-order valence-corrected chi connectivity index (χ1v) is 6.34. The fourth-order valence-electron chi connectivity index (χ4n) is 1.90. The molecule has 0 saturated carbocycles. The zero-order valence-electron chi connectivity index (χ0n) is 10.9. The van der Waals surface area contributed by atoms with Crippen molar-refractivity contribution < 1.29 is 4.92 Å². The Balaban J connectivity index is 2.17. The molecule has 0 saturated heterocycles. The summed E-state index contributed by atoms with van der Waals surface area (Å²) >= 11 is 5.84. The van der Waals surface area contributed by atoms with Gasteiger partial charge in [-0.3, -0.25) is 10.1 Å². The van der Waals surface area contributed by atoms with E-state index in [4.69, 9.17) is 17.3 Å². The molecule has 0 aliphatic carbocycles. The van der Waals surface area contributed by atoms with E-state index >= 15 is 0 Å². The Labute approximate surface area is 121 Å². The summed E-state index contributed by atoms with van der Waals surface area (Å²) in [7, 11) is 1.90. The number of nitrogens with zero attached hydrogens (tertiary/aromatic N) is 2. The van der Waals surface area contributed by atoms with Crippen molar-refractivity contribution in [2.45, 2.75) is 6.54 Å². The Morgan fingerprint density at radius 2 is 1.90 bits per heavy atom. The zero-order chi connectivity index (χ0) is 14.7. The van der Waals surface area contributed by atoms with Crippen LogP contribution in [0.2, 0.25) is 5.02 Å². The van der Waals surface area contributed by atoms with Crippen molar-refractivity contribution in [3.05, 3.63) is 63.2 Å². The lowest BCUT2D eigenvalue weighted by molar-refractivity contribution is -0.383. The molecule has 0 amide bonds. The quantitative estimate of drug-likeness (QED) is 0.532. The van der Waals surface area contributed by atoms with Gasteiger partial charge in [-0.15, -0.1) is 0 Å². The molecule has 6 heteroatoms. The maximum absolute atomic E-state index is 10.7. The van der Waals surface area contributed by atoms with Gasteiger partial charge in [0.15, 0.2) is 0 Å². The van der Waals surface area contributed by atoms with Crippen LogP contribution in [0.4, 0.5) is 17.1 Å². The molecule has 104 valence electrons. The van der Waals surface area contributed by atoms with Gasteiger partial charge >= 0.3 is 0 Å². The molecule has 2 rings (SSSR count). The van der Waals surface area contributed by atoms with E-state index < -0.39 is 4.92 Å². The minimum atomic E-state index is -0.488. The van der Waals surface area contributed by atoms with Gasteiger partial charge < -0.3 is 10.6 Å². The Kier molecular flexibility index (Phi) is 4.10. The number of anilines is 2.